The van der Waals surface area contributed by atoms with Crippen LogP contribution in [0.1, 0.15) is 11.6 Å². The van der Waals surface area contributed by atoms with Crippen molar-refractivity contribution >= 4 is 11.9 Å². The average Bonchev–Trinajstić information content (AvgIpc) is 2.59. The van der Waals surface area contributed by atoms with Crippen molar-refractivity contribution in [2.24, 2.45) is 10.7 Å². The fourth-order valence-corrected chi connectivity index (χ4v) is 1.80. The van der Waals surface area contributed by atoms with Crippen molar-refractivity contribution < 1.29 is 13.6 Å². The van der Waals surface area contributed by atoms with Crippen LogP contribution in [0, 0.1) is 24.0 Å². The van der Waals surface area contributed by atoms with Crippen LogP contribution in [0.4, 0.5) is 13.6 Å². The molecular formula is C12H9F2N3O. The molecule has 1 heterocycles. The number of amides is 2. The lowest BCUT2D eigenvalue weighted by Gasteiger charge is -2.22. The van der Waals surface area contributed by atoms with Gasteiger partial charge in [-0.2, -0.15) is 4.99 Å². The van der Waals surface area contributed by atoms with Gasteiger partial charge in [0.1, 0.15) is 11.9 Å². The highest BCUT2D eigenvalue weighted by molar-refractivity contribution is 6.03. The summed E-state index contributed by atoms with van der Waals surface area (Å²) in [5, 5.41) is 0. The van der Waals surface area contributed by atoms with Gasteiger partial charge in [-0.3, -0.25) is 4.90 Å². The number of urea groups is 1. The van der Waals surface area contributed by atoms with E-state index in [1.54, 1.807) is 0 Å². The van der Waals surface area contributed by atoms with Crippen molar-refractivity contribution in [1.29, 1.82) is 0 Å². The summed E-state index contributed by atoms with van der Waals surface area (Å²) in [4.78, 5) is 16.3. The molecule has 1 aliphatic heterocycles. The number of halogens is 2. The Labute approximate surface area is 102 Å². The van der Waals surface area contributed by atoms with Crippen LogP contribution in [0.25, 0.3) is 0 Å². The van der Waals surface area contributed by atoms with Gasteiger partial charge >= 0.3 is 6.03 Å². The number of terminal acetylenes is 1. The summed E-state index contributed by atoms with van der Waals surface area (Å²) in [5.41, 5.74) is 5.94. The maximum Gasteiger partial charge on any atom is 0.346 e. The Morgan fingerprint density at radius 3 is 2.78 bits per heavy atom. The zero-order valence-corrected chi connectivity index (χ0v) is 9.23. The zero-order chi connectivity index (χ0) is 13.3. The van der Waals surface area contributed by atoms with E-state index in [4.69, 9.17) is 12.2 Å². The van der Waals surface area contributed by atoms with Crippen molar-refractivity contribution in [2.45, 2.75) is 6.04 Å². The highest BCUT2D eigenvalue weighted by atomic mass is 19.2. The van der Waals surface area contributed by atoms with Crippen LogP contribution in [0.2, 0.25) is 0 Å². The molecule has 0 spiro atoms. The molecular weight excluding hydrogens is 240 g/mol. The highest BCUT2D eigenvalue weighted by Gasteiger charge is 2.34. The number of carbonyl (C=O) groups excluding carboxylic acids is 1. The summed E-state index contributed by atoms with van der Waals surface area (Å²) in [7, 11) is 0. The van der Waals surface area contributed by atoms with Gasteiger partial charge < -0.3 is 5.73 Å². The molecule has 0 radical (unpaired) electrons. The van der Waals surface area contributed by atoms with Crippen LogP contribution in [0.3, 0.4) is 0 Å². The molecule has 2 amide bonds. The first kappa shape index (κ1) is 12.0. The first-order valence-corrected chi connectivity index (χ1v) is 5.07. The van der Waals surface area contributed by atoms with Crippen LogP contribution in [-0.4, -0.2) is 23.3 Å². The van der Waals surface area contributed by atoms with Crippen molar-refractivity contribution in [3.8, 4) is 12.3 Å². The number of benzene rings is 1. The number of carbonyl (C=O) groups is 1. The second-order valence-corrected chi connectivity index (χ2v) is 3.73. The zero-order valence-electron chi connectivity index (χ0n) is 9.23. The van der Waals surface area contributed by atoms with Crippen molar-refractivity contribution in [1.82, 2.24) is 4.90 Å². The first-order chi connectivity index (χ1) is 8.54. The summed E-state index contributed by atoms with van der Waals surface area (Å²) < 4.78 is 26.0. The number of nitrogens with zero attached hydrogens (tertiary/aromatic N) is 2. The first-order valence-electron chi connectivity index (χ1n) is 5.07. The molecule has 4 nitrogen and oxygen atoms in total. The predicted octanol–water partition coefficient (Wildman–Crippen LogP) is 1.43. The molecule has 0 saturated carbocycles. The molecule has 6 heteroatoms. The summed E-state index contributed by atoms with van der Waals surface area (Å²) in [5.74, 6) is 0.326. The molecule has 1 atom stereocenters. The standard InChI is InChI=1S/C12H9F2N3O/c1-2-5-17-10(11(15)16-12(17)18)7-3-4-8(13)9(14)6-7/h1,3-4,6,10H,5H2,(H2,15,16,18). The lowest BCUT2D eigenvalue weighted by molar-refractivity contribution is 0.213. The smallest absolute Gasteiger partial charge is 0.346 e. The molecule has 1 aromatic rings. The second-order valence-electron chi connectivity index (χ2n) is 3.73. The third kappa shape index (κ3) is 1.91. The quantitative estimate of drug-likeness (QED) is 0.806. The summed E-state index contributed by atoms with van der Waals surface area (Å²) in [6.45, 7) is -0.00725. The van der Waals surface area contributed by atoms with E-state index < -0.39 is 23.7 Å². The van der Waals surface area contributed by atoms with E-state index in [1.165, 1.54) is 11.0 Å². The second kappa shape index (κ2) is 4.45. The number of hydrogen-bond donors (Lipinski definition) is 1. The van der Waals surface area contributed by atoms with Crippen LogP contribution in [-0.2, 0) is 0 Å². The largest absolute Gasteiger partial charge is 0.385 e. The van der Waals surface area contributed by atoms with E-state index in [0.717, 1.165) is 12.1 Å². The van der Waals surface area contributed by atoms with Crippen LogP contribution >= 0.6 is 0 Å². The Bertz CT molecular complexity index is 577. The molecule has 0 fully saturated rings. The van der Waals surface area contributed by atoms with Crippen LogP contribution in [0.5, 0.6) is 0 Å². The maximum absolute atomic E-state index is 13.2. The Hall–Kier alpha value is -2.42. The average molecular weight is 249 g/mol. The van der Waals surface area contributed by atoms with Crippen molar-refractivity contribution in [2.75, 3.05) is 6.54 Å². The normalized spacial score (nSPS) is 18.7. The summed E-state index contributed by atoms with van der Waals surface area (Å²) >= 11 is 0. The maximum atomic E-state index is 13.2. The molecule has 0 bridgehead atoms. The van der Waals surface area contributed by atoms with E-state index >= 15 is 0 Å². The van der Waals surface area contributed by atoms with E-state index in [1.807, 2.05) is 0 Å². The molecule has 1 aromatic carbocycles. The highest BCUT2D eigenvalue weighted by Crippen LogP contribution is 2.27. The minimum Gasteiger partial charge on any atom is -0.385 e. The molecule has 0 aliphatic carbocycles. The Balaban J connectivity index is 2.41. The fourth-order valence-electron chi connectivity index (χ4n) is 1.80. The molecule has 2 rings (SSSR count). The van der Waals surface area contributed by atoms with Gasteiger partial charge in [-0.15, -0.1) is 6.42 Å². The Morgan fingerprint density at radius 2 is 2.17 bits per heavy atom. The lowest BCUT2D eigenvalue weighted by Crippen LogP contribution is -2.33. The van der Waals surface area contributed by atoms with Crippen LogP contribution < -0.4 is 5.73 Å². The predicted molar refractivity (Wildman–Crippen MR) is 61.7 cm³/mol. The van der Waals surface area contributed by atoms with E-state index in [0.29, 0.717) is 5.56 Å². The third-order valence-corrected chi connectivity index (χ3v) is 2.58. The van der Waals surface area contributed by atoms with Gasteiger partial charge in [0.15, 0.2) is 11.6 Å². The van der Waals surface area contributed by atoms with Crippen molar-refractivity contribution in [3.05, 3.63) is 35.4 Å². The molecule has 0 aromatic heterocycles. The number of hydrogen-bond acceptors (Lipinski definition) is 2. The van der Waals surface area contributed by atoms with Gasteiger partial charge in [0.05, 0.1) is 6.54 Å². The Morgan fingerprint density at radius 1 is 1.44 bits per heavy atom. The van der Waals surface area contributed by atoms with E-state index in [-0.39, 0.29) is 12.4 Å². The molecule has 0 saturated heterocycles. The molecule has 18 heavy (non-hydrogen) atoms. The minimum absolute atomic E-state index is 0.00725. The number of amidine groups is 1. The number of aliphatic imine (C=N–C) groups is 1. The van der Waals surface area contributed by atoms with E-state index in [2.05, 4.69) is 10.9 Å². The van der Waals surface area contributed by atoms with Gasteiger partial charge in [0.25, 0.3) is 0 Å². The van der Waals surface area contributed by atoms with Gasteiger partial charge in [0, 0.05) is 0 Å². The SMILES string of the molecule is C#CCN1C(=O)N=C(N)C1c1ccc(F)c(F)c1. The topological polar surface area (TPSA) is 58.7 Å². The van der Waals surface area contributed by atoms with E-state index in [9.17, 15) is 13.6 Å². The van der Waals surface area contributed by atoms with Gasteiger partial charge in [0.2, 0.25) is 0 Å². The van der Waals surface area contributed by atoms with Gasteiger partial charge in [-0.05, 0) is 17.7 Å². The fraction of sp³-hybridized carbons (Fsp3) is 0.167. The number of rotatable bonds is 2. The number of nitrogens with two attached hydrogens (primary N) is 1. The molecule has 1 aliphatic rings. The molecule has 1 unspecified atom stereocenters. The van der Waals surface area contributed by atoms with Gasteiger partial charge in [-0.25, -0.2) is 13.6 Å². The van der Waals surface area contributed by atoms with Crippen molar-refractivity contribution in [3.63, 3.8) is 0 Å². The lowest BCUT2D eigenvalue weighted by atomic mass is 10.1. The minimum atomic E-state index is -1.01. The van der Waals surface area contributed by atoms with Crippen LogP contribution in [0.15, 0.2) is 23.2 Å². The molecule has 92 valence electrons. The Kier molecular flexibility index (Phi) is 2.98. The summed E-state index contributed by atoms with van der Waals surface area (Å²) in [6, 6.07) is 1.95. The monoisotopic (exact) mass is 249 g/mol. The molecule has 2 N–H and O–H groups in total. The third-order valence-electron chi connectivity index (χ3n) is 2.58. The van der Waals surface area contributed by atoms with Gasteiger partial charge in [-0.1, -0.05) is 12.0 Å². The summed E-state index contributed by atoms with van der Waals surface area (Å²) in [6.07, 6.45) is 5.14.